The first-order valence-electron chi connectivity index (χ1n) is 13.9. The Morgan fingerprint density at radius 2 is 1.86 bits per heavy atom. The van der Waals surface area contributed by atoms with E-state index in [1.165, 1.54) is 44.4 Å². The smallest absolute Gasteiger partial charge is 0.230 e. The van der Waals surface area contributed by atoms with Crippen LogP contribution in [0, 0.1) is 11.3 Å². The second kappa shape index (κ2) is 13.8. The van der Waals surface area contributed by atoms with E-state index in [0.29, 0.717) is 69.4 Å². The van der Waals surface area contributed by atoms with Gasteiger partial charge >= 0.3 is 0 Å². The molecule has 0 fully saturated rings. The molecule has 2 heterocycles. The first-order valence-corrected chi connectivity index (χ1v) is 15.7. The molecule has 0 saturated carbocycles. The number of carbonyl (C=O) groups is 2. The number of aromatic nitrogens is 2. The summed E-state index contributed by atoms with van der Waals surface area (Å²) in [6.07, 6.45) is 2.29. The molecule has 1 aliphatic carbocycles. The number of benzene rings is 2. The summed E-state index contributed by atoms with van der Waals surface area (Å²) in [6.45, 7) is 0.537. The zero-order chi connectivity index (χ0) is 31.2. The number of nitrogens with zero attached hydrogens (tertiary/aromatic N) is 4. The predicted octanol–water partition coefficient (Wildman–Crippen LogP) is 4.32. The van der Waals surface area contributed by atoms with Gasteiger partial charge in [0.25, 0.3) is 0 Å². The lowest BCUT2D eigenvalue weighted by Crippen LogP contribution is -2.38. The fraction of sp³-hybridized carbons (Fsp3) is 0.323. The Morgan fingerprint density at radius 1 is 1.14 bits per heavy atom. The van der Waals surface area contributed by atoms with E-state index < -0.39 is 5.92 Å². The van der Waals surface area contributed by atoms with Crippen molar-refractivity contribution in [2.45, 2.75) is 35.9 Å². The van der Waals surface area contributed by atoms with Crippen LogP contribution in [-0.2, 0) is 16.0 Å². The van der Waals surface area contributed by atoms with Crippen molar-refractivity contribution in [3.05, 3.63) is 76.3 Å². The lowest BCUT2D eigenvalue weighted by atomic mass is 9.75. The molecule has 0 bridgehead atoms. The van der Waals surface area contributed by atoms with Gasteiger partial charge in [-0.1, -0.05) is 53.4 Å². The number of Topliss-reactive ketones (excluding diaryl/α,β-unsaturated/α-hetero) is 1. The quantitative estimate of drug-likeness (QED) is 0.291. The number of nitrogens with one attached hydrogen (secondary N) is 1. The summed E-state index contributed by atoms with van der Waals surface area (Å²) in [6, 6.07) is 15.7. The van der Waals surface area contributed by atoms with E-state index in [2.05, 4.69) is 21.6 Å². The lowest BCUT2D eigenvalue weighted by Gasteiger charge is -2.38. The largest absolute Gasteiger partial charge is 0.493 e. The number of methoxy groups -OCH3 is 3. The lowest BCUT2D eigenvalue weighted by molar-refractivity contribution is -0.118. The van der Waals surface area contributed by atoms with Crippen LogP contribution >= 0.6 is 23.1 Å². The van der Waals surface area contributed by atoms with Gasteiger partial charge < -0.3 is 25.3 Å². The third kappa shape index (κ3) is 6.22. The summed E-state index contributed by atoms with van der Waals surface area (Å²) in [4.78, 5) is 27.6. The molecule has 2 aromatic carbocycles. The fourth-order valence-corrected chi connectivity index (χ4v) is 7.14. The molecule has 0 radical (unpaired) electrons. The first-order chi connectivity index (χ1) is 21.4. The van der Waals surface area contributed by atoms with Crippen molar-refractivity contribution in [2.24, 2.45) is 5.73 Å². The third-order valence-electron chi connectivity index (χ3n) is 7.43. The van der Waals surface area contributed by atoms with E-state index >= 15 is 0 Å². The van der Waals surface area contributed by atoms with E-state index in [9.17, 15) is 14.9 Å². The predicted molar refractivity (Wildman–Crippen MR) is 168 cm³/mol. The molecule has 1 aliphatic heterocycles. The second-order valence-corrected chi connectivity index (χ2v) is 12.2. The number of allylic oxidation sites excluding steroid dienone is 3. The van der Waals surface area contributed by atoms with Crippen molar-refractivity contribution < 1.29 is 23.8 Å². The topological polar surface area (TPSA) is 153 Å². The summed E-state index contributed by atoms with van der Waals surface area (Å²) >= 11 is 2.52. The van der Waals surface area contributed by atoms with Gasteiger partial charge in [-0.3, -0.25) is 14.5 Å². The van der Waals surface area contributed by atoms with E-state index in [-0.39, 0.29) is 28.8 Å². The highest BCUT2D eigenvalue weighted by Gasteiger charge is 2.42. The number of hydrogen-bond acceptors (Lipinski definition) is 12. The number of hydrogen-bond donors (Lipinski definition) is 2. The molecule has 1 amide bonds. The van der Waals surface area contributed by atoms with Crippen LogP contribution in [0.25, 0.3) is 0 Å². The van der Waals surface area contributed by atoms with Crippen molar-refractivity contribution >= 4 is 39.9 Å². The normalized spacial score (nSPS) is 16.4. The van der Waals surface area contributed by atoms with Gasteiger partial charge in [-0.05, 0) is 42.5 Å². The van der Waals surface area contributed by atoms with Crippen molar-refractivity contribution in [3.63, 3.8) is 0 Å². The molecule has 5 rings (SSSR count). The maximum absolute atomic E-state index is 13.5. The fourth-order valence-electron chi connectivity index (χ4n) is 5.43. The third-order valence-corrected chi connectivity index (χ3v) is 9.47. The molecule has 3 aromatic rings. The van der Waals surface area contributed by atoms with Gasteiger partial charge in [0.15, 0.2) is 21.6 Å². The molecule has 1 atom stereocenters. The highest BCUT2D eigenvalue weighted by atomic mass is 32.2. The van der Waals surface area contributed by atoms with Gasteiger partial charge in [0, 0.05) is 24.2 Å². The molecule has 11 nitrogen and oxygen atoms in total. The summed E-state index contributed by atoms with van der Waals surface area (Å²) in [5.41, 5.74) is 9.84. The van der Waals surface area contributed by atoms with Crippen LogP contribution in [0.2, 0.25) is 0 Å². The minimum atomic E-state index is -0.728. The highest BCUT2D eigenvalue weighted by molar-refractivity contribution is 8.01. The number of ketones is 1. The zero-order valence-electron chi connectivity index (χ0n) is 24.6. The Morgan fingerprint density at radius 3 is 2.52 bits per heavy atom. The summed E-state index contributed by atoms with van der Waals surface area (Å²) < 4.78 is 17.1. The number of ether oxygens (including phenoxy) is 3. The first kappa shape index (κ1) is 30.9. The summed E-state index contributed by atoms with van der Waals surface area (Å²) in [5, 5.41) is 22.3. The van der Waals surface area contributed by atoms with Crippen molar-refractivity contribution in [3.8, 4) is 23.3 Å². The number of carbonyl (C=O) groups excluding carboxylic acids is 2. The Labute approximate surface area is 263 Å². The Hall–Kier alpha value is -4.54. The number of anilines is 1. The average molecular weight is 633 g/mol. The zero-order valence-corrected chi connectivity index (χ0v) is 26.2. The molecule has 2 aliphatic rings. The van der Waals surface area contributed by atoms with E-state index in [1.807, 2.05) is 30.3 Å². The number of rotatable bonds is 11. The van der Waals surface area contributed by atoms with Crippen LogP contribution in [0.1, 0.15) is 36.3 Å². The Balaban J connectivity index is 1.40. The second-order valence-electron chi connectivity index (χ2n) is 10.00. The van der Waals surface area contributed by atoms with Gasteiger partial charge in [0.2, 0.25) is 16.8 Å². The Kier molecular flexibility index (Phi) is 9.72. The molecule has 0 saturated heterocycles. The molecular formula is C31H32N6O5S2. The maximum Gasteiger partial charge on any atom is 0.230 e. The van der Waals surface area contributed by atoms with Crippen LogP contribution in [0.5, 0.6) is 17.2 Å². The highest BCUT2D eigenvalue weighted by Crippen LogP contribution is 2.49. The summed E-state index contributed by atoms with van der Waals surface area (Å²) in [5.74, 6) is 0.651. The molecular weight excluding hydrogens is 601 g/mol. The summed E-state index contributed by atoms with van der Waals surface area (Å²) in [7, 11) is 4.53. The molecule has 13 heteroatoms. The molecule has 1 unspecified atom stereocenters. The number of amides is 1. The van der Waals surface area contributed by atoms with Gasteiger partial charge in [0.1, 0.15) is 5.82 Å². The van der Waals surface area contributed by atoms with Gasteiger partial charge in [-0.2, -0.15) is 5.26 Å². The van der Waals surface area contributed by atoms with Gasteiger partial charge in [0.05, 0.1) is 44.6 Å². The monoisotopic (exact) mass is 632 g/mol. The van der Waals surface area contributed by atoms with Crippen molar-refractivity contribution in [1.82, 2.24) is 15.5 Å². The molecule has 3 N–H and O–H groups in total. The molecule has 0 spiro atoms. The maximum atomic E-state index is 13.5. The molecule has 44 heavy (non-hydrogen) atoms. The average Bonchev–Trinajstić information content (AvgIpc) is 3.51. The number of nitriles is 1. The van der Waals surface area contributed by atoms with Gasteiger partial charge in [-0.15, -0.1) is 10.2 Å². The van der Waals surface area contributed by atoms with Gasteiger partial charge in [-0.25, -0.2) is 0 Å². The standard InChI is InChI=1S/C31H32N6O5S2/c1-40-23-14-19(15-24(41-2)28(23)42-3)26-20(16-32)29(33)37(21-10-7-11-22(38)27(21)26)30-35-36-31(44-30)43-17-25(39)34-13-12-18-8-5-4-6-9-18/h4-6,8-9,14-15,26H,7,10-13,17,33H2,1-3H3,(H,34,39). The van der Waals surface area contributed by atoms with Crippen LogP contribution < -0.4 is 30.2 Å². The van der Waals surface area contributed by atoms with Crippen LogP contribution in [0.3, 0.4) is 0 Å². The van der Waals surface area contributed by atoms with Crippen LogP contribution in [-0.4, -0.2) is 55.5 Å². The van der Waals surface area contributed by atoms with Crippen LogP contribution in [0.15, 0.2) is 69.5 Å². The molecule has 228 valence electrons. The minimum absolute atomic E-state index is 0.0680. The number of nitrogens with two attached hydrogens (primary N) is 1. The van der Waals surface area contributed by atoms with Crippen molar-refractivity contribution in [2.75, 3.05) is 38.5 Å². The van der Waals surface area contributed by atoms with Crippen molar-refractivity contribution in [1.29, 1.82) is 5.26 Å². The molecule has 1 aromatic heterocycles. The SMILES string of the molecule is COc1cc(C2C(C#N)=C(N)N(c3nnc(SCC(=O)NCCc4ccccc4)s3)C3=C2C(=O)CCC3)cc(OC)c1OC. The number of thioether (sulfide) groups is 1. The Bertz CT molecular complexity index is 1640. The minimum Gasteiger partial charge on any atom is -0.493 e. The van der Waals surface area contributed by atoms with E-state index in [0.717, 1.165) is 12.0 Å². The van der Waals surface area contributed by atoms with Crippen LogP contribution in [0.4, 0.5) is 5.13 Å². The van der Waals surface area contributed by atoms with E-state index in [4.69, 9.17) is 19.9 Å². The van der Waals surface area contributed by atoms with E-state index in [1.54, 1.807) is 17.0 Å².